The number of aromatic nitrogens is 4. The molecule has 0 N–H and O–H groups in total. The predicted molar refractivity (Wildman–Crippen MR) is 223 cm³/mol. The summed E-state index contributed by atoms with van der Waals surface area (Å²) >= 11 is 0. The van der Waals surface area contributed by atoms with Crippen molar-refractivity contribution in [2.45, 2.75) is 71.6 Å². The topological polar surface area (TPSA) is 128 Å². The van der Waals surface area contributed by atoms with Crippen LogP contribution in [0.2, 0.25) is 0 Å². The molecule has 6 aromatic rings. The van der Waals surface area contributed by atoms with Gasteiger partial charge in [-0.25, -0.2) is 10.0 Å². The zero-order valence-electron chi connectivity index (χ0n) is 34.2. The summed E-state index contributed by atoms with van der Waals surface area (Å²) in [5, 5.41) is 4.47. The van der Waals surface area contributed by atoms with Crippen LogP contribution in [0.1, 0.15) is 57.6 Å². The van der Waals surface area contributed by atoms with E-state index in [1.54, 1.807) is 39.0 Å². The number of methoxy groups -OCH3 is 2. The molecular weight excluding hydrogens is 737 g/mol. The smallest absolute Gasteiger partial charge is 0.318 e. The first kappa shape index (κ1) is 39.2. The summed E-state index contributed by atoms with van der Waals surface area (Å²) in [4.78, 5) is 23.8. The summed E-state index contributed by atoms with van der Waals surface area (Å²) in [6.45, 7) is 12.6. The number of likely N-dealkylation sites (tertiary alicyclic amines) is 2. The SMILES string of the molecule is CCOc1cc(CN2CCC(N(c3nc4ccncc4o3)N(c3nc4ccncc4o3)C3CCN(Cc4ccc(OC)c(OCC(C)C)c4)CC3)CC2)ccc1OC. The van der Waals surface area contributed by atoms with Gasteiger partial charge in [-0.2, -0.15) is 9.97 Å². The van der Waals surface area contributed by atoms with Gasteiger partial charge in [-0.15, -0.1) is 0 Å². The molecule has 2 aliphatic rings. The van der Waals surface area contributed by atoms with E-state index in [-0.39, 0.29) is 12.1 Å². The van der Waals surface area contributed by atoms with Crippen LogP contribution in [-0.2, 0) is 13.1 Å². The summed E-state index contributed by atoms with van der Waals surface area (Å²) < 4.78 is 36.3. The monoisotopic (exact) mass is 790 g/mol. The van der Waals surface area contributed by atoms with Crippen LogP contribution in [-0.4, -0.2) is 95.4 Å². The average Bonchev–Trinajstić information content (AvgIpc) is 3.88. The molecule has 0 saturated carbocycles. The Labute approximate surface area is 339 Å². The summed E-state index contributed by atoms with van der Waals surface area (Å²) in [5.41, 5.74) is 5.16. The lowest BCUT2D eigenvalue weighted by atomic mass is 10.0. The van der Waals surface area contributed by atoms with E-state index in [4.69, 9.17) is 37.7 Å². The number of anilines is 2. The van der Waals surface area contributed by atoms with E-state index in [1.807, 2.05) is 31.2 Å². The van der Waals surface area contributed by atoms with Crippen molar-refractivity contribution in [3.05, 3.63) is 84.4 Å². The number of hydrazine groups is 1. The number of rotatable bonds is 16. The van der Waals surface area contributed by atoms with Crippen LogP contribution in [0.15, 0.2) is 82.2 Å². The Hall–Kier alpha value is -5.60. The Morgan fingerprint density at radius 2 is 1.12 bits per heavy atom. The van der Waals surface area contributed by atoms with E-state index in [9.17, 15) is 0 Å². The van der Waals surface area contributed by atoms with Crippen molar-refractivity contribution in [1.82, 2.24) is 29.7 Å². The van der Waals surface area contributed by atoms with Crippen LogP contribution < -0.4 is 29.0 Å². The van der Waals surface area contributed by atoms with E-state index in [0.29, 0.717) is 42.3 Å². The number of piperidine rings is 2. The molecule has 306 valence electrons. The average molecular weight is 791 g/mol. The van der Waals surface area contributed by atoms with Crippen LogP contribution in [0, 0.1) is 5.92 Å². The van der Waals surface area contributed by atoms with Gasteiger partial charge in [0.2, 0.25) is 0 Å². The molecule has 14 heteroatoms. The zero-order valence-corrected chi connectivity index (χ0v) is 34.2. The summed E-state index contributed by atoms with van der Waals surface area (Å²) in [5.74, 6) is 3.48. The Bertz CT molecular complexity index is 2200. The maximum atomic E-state index is 6.56. The van der Waals surface area contributed by atoms with E-state index < -0.39 is 0 Å². The van der Waals surface area contributed by atoms with Gasteiger partial charge < -0.3 is 27.8 Å². The minimum Gasteiger partial charge on any atom is -0.493 e. The maximum Gasteiger partial charge on any atom is 0.318 e. The fourth-order valence-electron chi connectivity index (χ4n) is 8.02. The highest BCUT2D eigenvalue weighted by atomic mass is 16.5. The third kappa shape index (κ3) is 8.77. The molecule has 2 saturated heterocycles. The third-order valence-electron chi connectivity index (χ3n) is 10.9. The van der Waals surface area contributed by atoms with E-state index in [2.05, 4.69) is 67.9 Å². The minimum atomic E-state index is 0.0560. The number of hydrogen-bond acceptors (Lipinski definition) is 14. The molecule has 2 aliphatic heterocycles. The summed E-state index contributed by atoms with van der Waals surface area (Å²) in [6.07, 6.45) is 10.5. The molecule has 14 nitrogen and oxygen atoms in total. The van der Waals surface area contributed by atoms with Crippen molar-refractivity contribution in [2.24, 2.45) is 5.92 Å². The number of fused-ring (bicyclic) bond motifs is 2. The van der Waals surface area contributed by atoms with Gasteiger partial charge in [-0.1, -0.05) is 26.0 Å². The number of oxazole rings is 2. The molecule has 8 rings (SSSR count). The molecule has 0 bridgehead atoms. The van der Waals surface area contributed by atoms with Crippen LogP contribution in [0.4, 0.5) is 12.0 Å². The van der Waals surface area contributed by atoms with Gasteiger partial charge in [0.25, 0.3) is 0 Å². The molecule has 0 aliphatic carbocycles. The Morgan fingerprint density at radius 3 is 1.53 bits per heavy atom. The zero-order chi connectivity index (χ0) is 40.0. The molecule has 6 heterocycles. The van der Waals surface area contributed by atoms with Crippen molar-refractivity contribution >= 4 is 34.2 Å². The van der Waals surface area contributed by atoms with Crippen molar-refractivity contribution in [1.29, 1.82) is 0 Å². The highest BCUT2D eigenvalue weighted by Crippen LogP contribution is 2.37. The molecule has 0 spiro atoms. The molecule has 0 amide bonds. The molecule has 0 radical (unpaired) electrons. The van der Waals surface area contributed by atoms with E-state index in [0.717, 1.165) is 99.0 Å². The van der Waals surface area contributed by atoms with Crippen molar-refractivity contribution < 1.29 is 27.8 Å². The van der Waals surface area contributed by atoms with Crippen molar-refractivity contribution in [2.75, 3.05) is 63.6 Å². The van der Waals surface area contributed by atoms with Gasteiger partial charge >= 0.3 is 12.0 Å². The van der Waals surface area contributed by atoms with Crippen molar-refractivity contribution in [3.63, 3.8) is 0 Å². The largest absolute Gasteiger partial charge is 0.493 e. The molecule has 4 aromatic heterocycles. The van der Waals surface area contributed by atoms with Gasteiger partial charge in [0.1, 0.15) is 11.0 Å². The normalized spacial score (nSPS) is 16.0. The first-order valence-corrected chi connectivity index (χ1v) is 20.4. The Kier molecular flexibility index (Phi) is 12.1. The Balaban J connectivity index is 1.06. The van der Waals surface area contributed by atoms with E-state index in [1.165, 1.54) is 11.1 Å². The second-order valence-electron chi connectivity index (χ2n) is 15.5. The second kappa shape index (κ2) is 17.9. The molecular formula is C44H54N8O6. The van der Waals surface area contributed by atoms with Gasteiger partial charge in [0, 0.05) is 51.7 Å². The maximum absolute atomic E-state index is 6.56. The molecule has 0 atom stereocenters. The number of hydrogen-bond donors (Lipinski definition) is 0. The van der Waals surface area contributed by atoms with Crippen molar-refractivity contribution in [3.8, 4) is 23.0 Å². The lowest BCUT2D eigenvalue weighted by Crippen LogP contribution is -2.59. The van der Waals surface area contributed by atoms with Gasteiger partial charge in [0.05, 0.1) is 51.9 Å². The van der Waals surface area contributed by atoms with Gasteiger partial charge in [-0.3, -0.25) is 19.8 Å². The van der Waals surface area contributed by atoms with Gasteiger partial charge in [-0.05, 0) is 86.1 Å². The second-order valence-corrected chi connectivity index (χ2v) is 15.5. The first-order chi connectivity index (χ1) is 28.4. The van der Waals surface area contributed by atoms with E-state index >= 15 is 0 Å². The minimum absolute atomic E-state index is 0.0560. The number of nitrogens with zero attached hydrogens (tertiary/aromatic N) is 8. The lowest BCUT2D eigenvalue weighted by Gasteiger charge is -2.47. The highest BCUT2D eigenvalue weighted by molar-refractivity contribution is 5.75. The highest BCUT2D eigenvalue weighted by Gasteiger charge is 2.39. The third-order valence-corrected chi connectivity index (χ3v) is 10.9. The quantitative estimate of drug-likeness (QED) is 0.0886. The summed E-state index contributed by atoms with van der Waals surface area (Å²) in [6, 6.07) is 17.4. The lowest BCUT2D eigenvalue weighted by molar-refractivity contribution is 0.178. The molecule has 0 unspecified atom stereocenters. The number of pyridine rings is 2. The van der Waals surface area contributed by atoms with Crippen LogP contribution in [0.25, 0.3) is 22.2 Å². The fourth-order valence-corrected chi connectivity index (χ4v) is 8.02. The fraction of sp³-hybridized carbons (Fsp3) is 0.455. The standard InChI is InChI=1S/C44H54N8O6/c1-6-55-39-23-31(7-9-37(39)53-4)27-49-19-13-33(14-20-49)51(43-47-35-11-17-45-25-41(35)57-43)52(44-48-36-12-18-46-26-42(36)58-44)34-15-21-50(22-16-34)28-32-8-10-38(54-5)40(24-32)56-29-30(2)3/h7-12,17-18,23-26,30,33-34H,6,13-16,19-22,27-29H2,1-5H3. The van der Waals surface area contributed by atoms with Crippen LogP contribution in [0.3, 0.4) is 0 Å². The number of ether oxygens (including phenoxy) is 4. The summed E-state index contributed by atoms with van der Waals surface area (Å²) in [7, 11) is 3.36. The predicted octanol–water partition coefficient (Wildman–Crippen LogP) is 7.77. The number of benzene rings is 2. The first-order valence-electron chi connectivity index (χ1n) is 20.4. The Morgan fingerprint density at radius 1 is 0.655 bits per heavy atom. The molecule has 2 aromatic carbocycles. The van der Waals surface area contributed by atoms with Crippen LogP contribution >= 0.6 is 0 Å². The molecule has 58 heavy (non-hydrogen) atoms. The molecule has 2 fully saturated rings. The van der Waals surface area contributed by atoms with Crippen LogP contribution in [0.5, 0.6) is 23.0 Å². The van der Waals surface area contributed by atoms with Gasteiger partial charge in [0.15, 0.2) is 34.2 Å².